The molecule has 1 aliphatic carbocycles. The van der Waals surface area contributed by atoms with E-state index in [1.54, 1.807) is 7.11 Å². The summed E-state index contributed by atoms with van der Waals surface area (Å²) in [6, 6.07) is 1.22. The van der Waals surface area contributed by atoms with E-state index in [1.807, 2.05) is 0 Å². The van der Waals surface area contributed by atoms with Crippen molar-refractivity contribution in [2.45, 2.75) is 64.5 Å². The minimum atomic E-state index is 0. The molecule has 0 bridgehead atoms. The maximum Gasteiger partial charge on any atom is 0.191 e. The predicted molar refractivity (Wildman–Crippen MR) is 112 cm³/mol. The number of guanidine groups is 1. The molecule has 2 unspecified atom stereocenters. The van der Waals surface area contributed by atoms with Gasteiger partial charge in [0, 0.05) is 52.0 Å². The largest absolute Gasteiger partial charge is 0.385 e. The van der Waals surface area contributed by atoms with Crippen LogP contribution in [0.2, 0.25) is 0 Å². The Kier molecular flexibility index (Phi) is 11.3. The topological polar surface area (TPSA) is 48.9 Å². The summed E-state index contributed by atoms with van der Waals surface area (Å²) in [5.41, 5.74) is 0. The second-order valence-corrected chi connectivity index (χ2v) is 6.96. The average Bonchev–Trinajstić information content (AvgIpc) is 3.27. The first-order chi connectivity index (χ1) is 11.3. The molecule has 2 rings (SSSR count). The van der Waals surface area contributed by atoms with Gasteiger partial charge in [0.25, 0.3) is 0 Å². The third kappa shape index (κ3) is 7.87. The van der Waals surface area contributed by atoms with Crippen molar-refractivity contribution in [2.24, 2.45) is 10.9 Å². The third-order valence-corrected chi connectivity index (χ3v) is 4.97. The summed E-state index contributed by atoms with van der Waals surface area (Å²) in [4.78, 5) is 7.19. The average molecular weight is 452 g/mol. The summed E-state index contributed by atoms with van der Waals surface area (Å²) >= 11 is 0. The van der Waals surface area contributed by atoms with Gasteiger partial charge in [-0.15, -0.1) is 24.0 Å². The normalized spacial score (nSPS) is 25.2. The van der Waals surface area contributed by atoms with Gasteiger partial charge >= 0.3 is 0 Å². The lowest BCUT2D eigenvalue weighted by atomic mass is 10.1. The van der Waals surface area contributed by atoms with Crippen molar-refractivity contribution < 1.29 is 4.74 Å². The maximum absolute atomic E-state index is 5.14. The number of hydrogen-bond donors (Lipinski definition) is 2. The van der Waals surface area contributed by atoms with Gasteiger partial charge in [0.05, 0.1) is 0 Å². The van der Waals surface area contributed by atoms with E-state index < -0.39 is 0 Å². The highest BCUT2D eigenvalue weighted by Crippen LogP contribution is 2.34. The Morgan fingerprint density at radius 2 is 1.96 bits per heavy atom. The number of methoxy groups -OCH3 is 1. The van der Waals surface area contributed by atoms with Gasteiger partial charge in [-0.1, -0.05) is 13.3 Å². The standard InChI is InChI=1S/C18H36N4O.HI/c1-4-7-15-14-17(15)21-18(19-5-2)20-16-8-11-22(12-9-16)10-6-13-23-3;/h15-17H,4-14H2,1-3H3,(H2,19,20,21);1H. The first kappa shape index (κ1) is 22.0. The molecule has 2 fully saturated rings. The first-order valence-corrected chi connectivity index (χ1v) is 9.55. The summed E-state index contributed by atoms with van der Waals surface area (Å²) in [6.45, 7) is 9.63. The molecule has 2 aliphatic rings. The van der Waals surface area contributed by atoms with E-state index in [0.717, 1.165) is 38.0 Å². The molecule has 0 spiro atoms. The Morgan fingerprint density at radius 3 is 2.58 bits per heavy atom. The van der Waals surface area contributed by atoms with Crippen LogP contribution in [0.3, 0.4) is 0 Å². The van der Waals surface area contributed by atoms with E-state index in [4.69, 9.17) is 4.74 Å². The van der Waals surface area contributed by atoms with E-state index in [9.17, 15) is 0 Å². The molecule has 0 amide bonds. The van der Waals surface area contributed by atoms with E-state index in [1.165, 1.54) is 45.2 Å². The number of nitrogens with one attached hydrogen (secondary N) is 2. The molecule has 24 heavy (non-hydrogen) atoms. The van der Waals surface area contributed by atoms with Crippen LogP contribution < -0.4 is 10.6 Å². The SMILES string of the molecule is CCCC1CC1NC(=NCC)NC1CCN(CCCOC)CC1.I. The maximum atomic E-state index is 5.14. The van der Waals surface area contributed by atoms with Crippen molar-refractivity contribution in [1.29, 1.82) is 0 Å². The number of nitrogens with zero attached hydrogens (tertiary/aromatic N) is 2. The van der Waals surface area contributed by atoms with Crippen LogP contribution in [0.15, 0.2) is 4.99 Å². The zero-order valence-corrected chi connectivity index (χ0v) is 18.1. The number of aliphatic imine (C=N–C) groups is 1. The van der Waals surface area contributed by atoms with E-state index in [0.29, 0.717) is 12.1 Å². The van der Waals surface area contributed by atoms with Crippen LogP contribution in [0, 0.1) is 5.92 Å². The van der Waals surface area contributed by atoms with Crippen LogP contribution >= 0.6 is 24.0 Å². The molecule has 0 aromatic heterocycles. The molecular weight excluding hydrogens is 415 g/mol. The number of halogens is 1. The van der Waals surface area contributed by atoms with Crippen molar-refractivity contribution >= 4 is 29.9 Å². The molecule has 142 valence electrons. The lowest BCUT2D eigenvalue weighted by molar-refractivity contribution is 0.155. The number of likely N-dealkylation sites (tertiary alicyclic amines) is 1. The van der Waals surface area contributed by atoms with E-state index in [2.05, 4.69) is 34.4 Å². The molecule has 2 atom stereocenters. The first-order valence-electron chi connectivity index (χ1n) is 9.55. The molecule has 0 aromatic rings. The fourth-order valence-electron chi connectivity index (χ4n) is 3.51. The summed E-state index contributed by atoms with van der Waals surface area (Å²) in [7, 11) is 1.78. The number of hydrogen-bond acceptors (Lipinski definition) is 3. The molecule has 1 aliphatic heterocycles. The minimum Gasteiger partial charge on any atom is -0.385 e. The molecule has 5 nitrogen and oxygen atoms in total. The zero-order valence-electron chi connectivity index (χ0n) is 15.7. The van der Waals surface area contributed by atoms with Gasteiger partial charge in [0.1, 0.15) is 0 Å². The Labute approximate surface area is 165 Å². The minimum absolute atomic E-state index is 0. The van der Waals surface area contributed by atoms with Gasteiger partial charge in [-0.2, -0.15) is 0 Å². The monoisotopic (exact) mass is 452 g/mol. The van der Waals surface area contributed by atoms with Gasteiger partial charge < -0.3 is 20.3 Å². The number of piperidine rings is 1. The van der Waals surface area contributed by atoms with E-state index in [-0.39, 0.29) is 24.0 Å². The van der Waals surface area contributed by atoms with Crippen LogP contribution in [0.4, 0.5) is 0 Å². The zero-order chi connectivity index (χ0) is 16.5. The molecule has 0 radical (unpaired) electrons. The highest BCUT2D eigenvalue weighted by Gasteiger charge is 2.36. The molecule has 6 heteroatoms. The van der Waals surface area contributed by atoms with Crippen LogP contribution in [0.5, 0.6) is 0 Å². The summed E-state index contributed by atoms with van der Waals surface area (Å²) in [5.74, 6) is 1.90. The second kappa shape index (κ2) is 12.3. The number of rotatable bonds is 9. The molecular formula is C18H37IN4O. The molecule has 1 saturated carbocycles. The highest BCUT2D eigenvalue weighted by molar-refractivity contribution is 14.0. The third-order valence-electron chi connectivity index (χ3n) is 4.97. The Bertz CT molecular complexity index is 359. The van der Waals surface area contributed by atoms with Crippen LogP contribution in [-0.4, -0.2) is 62.8 Å². The van der Waals surface area contributed by atoms with Crippen LogP contribution in [0.25, 0.3) is 0 Å². The highest BCUT2D eigenvalue weighted by atomic mass is 127. The predicted octanol–water partition coefficient (Wildman–Crippen LogP) is 2.85. The van der Waals surface area contributed by atoms with Crippen LogP contribution in [0.1, 0.15) is 52.4 Å². The number of ether oxygens (including phenoxy) is 1. The fourth-order valence-corrected chi connectivity index (χ4v) is 3.51. The van der Waals surface area contributed by atoms with Crippen LogP contribution in [-0.2, 0) is 4.74 Å². The van der Waals surface area contributed by atoms with Crippen molar-refractivity contribution in [1.82, 2.24) is 15.5 Å². The Hall–Kier alpha value is -0.0800. The van der Waals surface area contributed by atoms with Gasteiger partial charge in [-0.05, 0) is 44.9 Å². The van der Waals surface area contributed by atoms with Gasteiger partial charge in [-0.25, -0.2) is 0 Å². The van der Waals surface area contributed by atoms with Gasteiger partial charge in [0.2, 0.25) is 0 Å². The molecule has 1 heterocycles. The quantitative estimate of drug-likeness (QED) is 0.245. The Balaban J connectivity index is 0.00000288. The fraction of sp³-hybridized carbons (Fsp3) is 0.944. The molecule has 1 saturated heterocycles. The second-order valence-electron chi connectivity index (χ2n) is 6.96. The van der Waals surface area contributed by atoms with E-state index >= 15 is 0 Å². The van der Waals surface area contributed by atoms with Crippen molar-refractivity contribution in [3.05, 3.63) is 0 Å². The van der Waals surface area contributed by atoms with Crippen molar-refractivity contribution in [3.8, 4) is 0 Å². The lowest BCUT2D eigenvalue weighted by Crippen LogP contribution is -2.49. The molecule has 2 N–H and O–H groups in total. The van der Waals surface area contributed by atoms with Gasteiger partial charge in [-0.3, -0.25) is 4.99 Å². The van der Waals surface area contributed by atoms with Crippen molar-refractivity contribution in [2.75, 3.05) is 39.9 Å². The summed E-state index contributed by atoms with van der Waals surface area (Å²) in [5, 5.41) is 7.30. The smallest absolute Gasteiger partial charge is 0.191 e. The summed E-state index contributed by atoms with van der Waals surface area (Å²) in [6.07, 6.45) is 7.51. The Morgan fingerprint density at radius 1 is 1.21 bits per heavy atom. The molecule has 0 aromatic carbocycles. The lowest BCUT2D eigenvalue weighted by Gasteiger charge is -2.33. The summed E-state index contributed by atoms with van der Waals surface area (Å²) < 4.78 is 5.14. The van der Waals surface area contributed by atoms with Gasteiger partial charge in [0.15, 0.2) is 5.96 Å². The van der Waals surface area contributed by atoms with Crippen molar-refractivity contribution in [3.63, 3.8) is 0 Å².